The van der Waals surface area contributed by atoms with Crippen LogP contribution in [-0.2, 0) is 32.0 Å². The summed E-state index contributed by atoms with van der Waals surface area (Å²) in [5.74, 6) is -2.45. The second-order valence-corrected chi connectivity index (χ2v) is 13.3. The smallest absolute Gasteiger partial charge is 0.338 e. The maximum Gasteiger partial charge on any atom is 0.338 e. The van der Waals surface area contributed by atoms with E-state index in [1.165, 1.54) is 28.9 Å². The molecule has 5 rings (SSSR count). The number of nitrogens with one attached hydrogen (secondary N) is 1. The van der Waals surface area contributed by atoms with Crippen molar-refractivity contribution in [2.75, 3.05) is 6.54 Å². The van der Waals surface area contributed by atoms with Gasteiger partial charge in [-0.2, -0.15) is 10.4 Å². The molecule has 2 amide bonds. The van der Waals surface area contributed by atoms with Crippen LogP contribution in [0.5, 0.6) is 5.88 Å². The summed E-state index contributed by atoms with van der Waals surface area (Å²) in [5.41, 5.74) is 7.95. The molecule has 14 heteroatoms. The second-order valence-electron chi connectivity index (χ2n) is 13.3. The first-order valence-corrected chi connectivity index (χ1v) is 18.1. The maximum atomic E-state index is 16.4. The summed E-state index contributed by atoms with van der Waals surface area (Å²) >= 11 is 0. The largest absolute Gasteiger partial charge is 0.451 e. The number of ether oxygens (including phenoxy) is 4. The Morgan fingerprint density at radius 3 is 2.07 bits per heavy atom. The third-order valence-electron chi connectivity index (χ3n) is 8.97. The van der Waals surface area contributed by atoms with Gasteiger partial charge in [0.2, 0.25) is 24.2 Å². The van der Waals surface area contributed by atoms with Crippen molar-refractivity contribution >= 4 is 23.8 Å². The second kappa shape index (κ2) is 18.8. The predicted molar refractivity (Wildman–Crippen MR) is 198 cm³/mol. The first kappa shape index (κ1) is 40.1. The molecule has 3 N–H and O–H groups in total. The number of alkyl halides is 1. The van der Waals surface area contributed by atoms with Crippen LogP contribution in [0.3, 0.4) is 0 Å². The number of benzene rings is 3. The average molecular weight is 754 g/mol. The van der Waals surface area contributed by atoms with Crippen LogP contribution in [0.25, 0.3) is 0 Å². The number of hydrogen-bond donors (Lipinski definition) is 2. The Kier molecular flexibility index (Phi) is 13.7. The summed E-state index contributed by atoms with van der Waals surface area (Å²) in [6, 6.07) is 25.1. The van der Waals surface area contributed by atoms with E-state index in [0.717, 1.165) is 5.56 Å². The van der Waals surface area contributed by atoms with Crippen LogP contribution < -0.4 is 15.8 Å². The highest BCUT2D eigenvalue weighted by Gasteiger charge is 2.52. The molecule has 1 aromatic heterocycles. The van der Waals surface area contributed by atoms with Gasteiger partial charge in [0, 0.05) is 30.5 Å². The van der Waals surface area contributed by atoms with Crippen molar-refractivity contribution in [1.82, 2.24) is 15.1 Å². The van der Waals surface area contributed by atoms with Crippen molar-refractivity contribution in [3.8, 4) is 11.9 Å². The van der Waals surface area contributed by atoms with Crippen LogP contribution in [0.1, 0.15) is 93.8 Å². The number of primary amides is 1. The van der Waals surface area contributed by atoms with E-state index >= 15 is 4.39 Å². The van der Waals surface area contributed by atoms with E-state index in [9.17, 15) is 24.4 Å². The minimum Gasteiger partial charge on any atom is -0.451 e. The number of hydrogen-bond acceptors (Lipinski definition) is 10. The Morgan fingerprint density at radius 2 is 1.53 bits per heavy atom. The van der Waals surface area contributed by atoms with E-state index in [2.05, 4.69) is 11.4 Å². The van der Waals surface area contributed by atoms with Crippen molar-refractivity contribution < 1.29 is 42.5 Å². The zero-order chi connectivity index (χ0) is 39.5. The van der Waals surface area contributed by atoms with Crippen molar-refractivity contribution in [3.63, 3.8) is 0 Å². The zero-order valence-electron chi connectivity index (χ0n) is 30.9. The molecule has 3 aromatic carbocycles. The van der Waals surface area contributed by atoms with Gasteiger partial charge in [-0.3, -0.25) is 9.59 Å². The molecule has 1 saturated heterocycles. The Labute approximate surface area is 318 Å². The number of amides is 2. The number of nitriles is 1. The first-order chi connectivity index (χ1) is 26.5. The highest BCUT2D eigenvalue weighted by atomic mass is 19.1. The topological polar surface area (TPSA) is 185 Å². The molecule has 288 valence electrons. The van der Waals surface area contributed by atoms with Crippen molar-refractivity contribution in [3.05, 3.63) is 118 Å². The van der Waals surface area contributed by atoms with Gasteiger partial charge in [0.15, 0.2) is 12.3 Å². The van der Waals surface area contributed by atoms with E-state index in [-0.39, 0.29) is 67.6 Å². The van der Waals surface area contributed by atoms with Crippen LogP contribution >= 0.6 is 0 Å². The average Bonchev–Trinajstić information content (AvgIpc) is 3.52. The number of halogens is 1. The molecule has 5 atom stereocenters. The minimum atomic E-state index is -1.90. The number of esters is 2. The Balaban J connectivity index is 1.53. The molecule has 1 aliphatic rings. The molecular formula is C41H44FN5O8. The van der Waals surface area contributed by atoms with Gasteiger partial charge in [-0.05, 0) is 54.3 Å². The van der Waals surface area contributed by atoms with Crippen LogP contribution in [0.15, 0.2) is 84.9 Å². The SMILES string of the molecule is CC[C@H]1O[C@@H](Oc2c(Cc3ccc(C(=O)NCCC(N)=O)cc3)c(C(C)C)nn2CCC#N)[C@H](OC(=O)c2ccccc2)[C@@H](OC(=O)c2ccccc2)[C@@H]1F. The summed E-state index contributed by atoms with van der Waals surface area (Å²) in [6.07, 6.45) is -7.19. The van der Waals surface area contributed by atoms with E-state index in [1.54, 1.807) is 67.6 Å². The molecule has 4 aromatic rings. The molecule has 0 aliphatic carbocycles. The van der Waals surface area contributed by atoms with Gasteiger partial charge < -0.3 is 30.0 Å². The van der Waals surface area contributed by atoms with Gasteiger partial charge in [0.25, 0.3) is 5.91 Å². The summed E-state index contributed by atoms with van der Waals surface area (Å²) in [6.45, 7) is 5.85. The normalized spacial score (nSPS) is 19.2. The fourth-order valence-corrected chi connectivity index (χ4v) is 6.14. The molecule has 13 nitrogen and oxygen atoms in total. The fraction of sp³-hybridized carbons (Fsp3) is 0.366. The summed E-state index contributed by atoms with van der Waals surface area (Å²) in [4.78, 5) is 50.6. The van der Waals surface area contributed by atoms with Crippen LogP contribution in [0.2, 0.25) is 0 Å². The number of aromatic nitrogens is 2. The van der Waals surface area contributed by atoms with E-state index < -0.39 is 48.6 Å². The molecule has 0 radical (unpaired) electrons. The van der Waals surface area contributed by atoms with Crippen LogP contribution in [0, 0.1) is 11.3 Å². The summed E-state index contributed by atoms with van der Waals surface area (Å²) in [5, 5.41) is 17.0. The number of nitrogens with two attached hydrogens (primary N) is 1. The van der Waals surface area contributed by atoms with Gasteiger partial charge in [-0.25, -0.2) is 18.7 Å². The first-order valence-electron chi connectivity index (χ1n) is 18.1. The quantitative estimate of drug-likeness (QED) is 0.140. The van der Waals surface area contributed by atoms with Crippen LogP contribution in [0.4, 0.5) is 4.39 Å². The molecule has 0 bridgehead atoms. The number of carbonyl (C=O) groups excluding carboxylic acids is 4. The maximum absolute atomic E-state index is 16.4. The lowest BCUT2D eigenvalue weighted by atomic mass is 9.97. The molecule has 55 heavy (non-hydrogen) atoms. The highest BCUT2D eigenvalue weighted by Crippen LogP contribution is 2.36. The number of carbonyl (C=O) groups is 4. The molecule has 0 saturated carbocycles. The molecular weight excluding hydrogens is 709 g/mol. The Bertz CT molecular complexity index is 1980. The number of nitrogens with zero attached hydrogens (tertiary/aromatic N) is 3. The summed E-state index contributed by atoms with van der Waals surface area (Å²) < 4.78 is 42.4. The molecule has 2 heterocycles. The van der Waals surface area contributed by atoms with E-state index in [0.29, 0.717) is 16.8 Å². The standard InChI is InChI=1S/C41H44FN5O8/c1-4-31-33(42)35(53-39(50)28-12-7-5-8-13-28)36(54-40(51)29-14-9-6-10-15-29)41(52-31)55-38-30(34(25(2)3)46-47(38)23-11-21-43)24-26-16-18-27(19-17-26)37(49)45-22-20-32(44)48/h5-10,12-19,25,31,33,35-36,41H,4,11,20,22-24H2,1-3H3,(H2,44,48)(H,45,49)/t31-,33-,35+,36-,41+/m1/s1. The summed E-state index contributed by atoms with van der Waals surface area (Å²) in [7, 11) is 0. The molecule has 0 unspecified atom stereocenters. The van der Waals surface area contributed by atoms with Crippen molar-refractivity contribution in [2.24, 2.45) is 5.73 Å². The van der Waals surface area contributed by atoms with Crippen molar-refractivity contribution in [2.45, 2.75) is 89.7 Å². The Hall–Kier alpha value is -6.07. The van der Waals surface area contributed by atoms with E-state index in [1.807, 2.05) is 13.8 Å². The highest BCUT2D eigenvalue weighted by molar-refractivity contribution is 5.94. The van der Waals surface area contributed by atoms with Gasteiger partial charge >= 0.3 is 11.9 Å². The Morgan fingerprint density at radius 1 is 0.927 bits per heavy atom. The number of aryl methyl sites for hydroxylation is 1. The molecule has 0 spiro atoms. The van der Waals surface area contributed by atoms with Gasteiger partial charge in [-0.15, -0.1) is 0 Å². The van der Waals surface area contributed by atoms with Crippen LogP contribution in [-0.4, -0.2) is 70.9 Å². The molecule has 1 aliphatic heterocycles. The predicted octanol–water partition coefficient (Wildman–Crippen LogP) is 5.42. The minimum absolute atomic E-state index is 0.0125. The fourth-order valence-electron chi connectivity index (χ4n) is 6.14. The van der Waals surface area contributed by atoms with Gasteiger partial charge in [0.05, 0.1) is 42.0 Å². The third-order valence-corrected chi connectivity index (χ3v) is 8.97. The number of rotatable bonds is 16. The van der Waals surface area contributed by atoms with E-state index in [4.69, 9.17) is 29.8 Å². The monoisotopic (exact) mass is 753 g/mol. The van der Waals surface area contributed by atoms with Gasteiger partial charge in [0.1, 0.15) is 0 Å². The zero-order valence-corrected chi connectivity index (χ0v) is 30.9. The third kappa shape index (κ3) is 10.1. The molecule has 1 fully saturated rings. The lowest BCUT2D eigenvalue weighted by molar-refractivity contribution is -0.260. The lowest BCUT2D eigenvalue weighted by Crippen LogP contribution is -2.60. The lowest BCUT2D eigenvalue weighted by Gasteiger charge is -2.42. The van der Waals surface area contributed by atoms with Crippen molar-refractivity contribution in [1.29, 1.82) is 5.26 Å². The van der Waals surface area contributed by atoms with Gasteiger partial charge in [-0.1, -0.05) is 69.3 Å².